The smallest absolute Gasteiger partial charge is 0.271 e. The third-order valence-corrected chi connectivity index (χ3v) is 2.90. The number of rotatable bonds is 3. The molecule has 0 saturated heterocycles. The molecule has 1 aliphatic rings. The molecule has 1 aromatic carbocycles. The van der Waals surface area contributed by atoms with Crippen molar-refractivity contribution < 1.29 is 19.0 Å². The Morgan fingerprint density at radius 3 is 2.65 bits per heavy atom. The van der Waals surface area contributed by atoms with Gasteiger partial charge in [-0.25, -0.2) is 0 Å². The van der Waals surface area contributed by atoms with Gasteiger partial charge in [-0.15, -0.1) is 0 Å². The van der Waals surface area contributed by atoms with Gasteiger partial charge in [0.1, 0.15) is 24.7 Å². The number of carbonyl (C=O) groups excluding carboxylic acids is 1. The van der Waals surface area contributed by atoms with E-state index in [9.17, 15) is 4.79 Å². The zero-order valence-corrected chi connectivity index (χ0v) is 10.7. The molecule has 20 heavy (non-hydrogen) atoms. The summed E-state index contributed by atoms with van der Waals surface area (Å²) in [6, 6.07) is 3.38. The van der Waals surface area contributed by atoms with Gasteiger partial charge in [-0.05, 0) is 6.07 Å². The number of aromatic amines is 1. The number of hydrogen-bond acceptors (Lipinski definition) is 6. The van der Waals surface area contributed by atoms with Crippen LogP contribution in [0.3, 0.4) is 0 Å². The molecule has 3 rings (SSSR count). The van der Waals surface area contributed by atoms with Crippen molar-refractivity contribution in [2.75, 3.05) is 20.3 Å². The van der Waals surface area contributed by atoms with Crippen LogP contribution in [0.4, 0.5) is 0 Å². The average molecular weight is 276 g/mol. The van der Waals surface area contributed by atoms with Crippen LogP contribution in [0.25, 0.3) is 11.3 Å². The van der Waals surface area contributed by atoms with Gasteiger partial charge < -0.3 is 19.9 Å². The molecule has 0 bridgehead atoms. The predicted molar refractivity (Wildman–Crippen MR) is 67.9 cm³/mol. The monoisotopic (exact) mass is 276 g/mol. The molecule has 0 fully saturated rings. The normalized spacial score (nSPS) is 13.1. The van der Waals surface area contributed by atoms with Gasteiger partial charge in [0.05, 0.1) is 12.7 Å². The fourth-order valence-corrected chi connectivity index (χ4v) is 2.01. The van der Waals surface area contributed by atoms with Gasteiger partial charge in [0.2, 0.25) is 0 Å². The summed E-state index contributed by atoms with van der Waals surface area (Å²) in [5, 5.41) is 10.1. The average Bonchev–Trinajstić information content (AvgIpc) is 2.95. The molecule has 3 N–H and O–H groups in total. The quantitative estimate of drug-likeness (QED) is 0.836. The lowest BCUT2D eigenvalue weighted by molar-refractivity contribution is 0.0996. The van der Waals surface area contributed by atoms with Gasteiger partial charge in [-0.2, -0.15) is 15.4 Å². The lowest BCUT2D eigenvalue weighted by atomic mass is 10.1. The summed E-state index contributed by atoms with van der Waals surface area (Å²) in [5.74, 6) is 0.961. The van der Waals surface area contributed by atoms with E-state index in [1.807, 2.05) is 0 Å². The van der Waals surface area contributed by atoms with E-state index >= 15 is 0 Å². The number of hydrogen-bond donors (Lipinski definition) is 2. The van der Waals surface area contributed by atoms with Crippen LogP contribution in [0.2, 0.25) is 0 Å². The summed E-state index contributed by atoms with van der Waals surface area (Å²) in [4.78, 5) is 11.3. The Bertz CT molecular complexity index is 667. The summed E-state index contributed by atoms with van der Waals surface area (Å²) in [7, 11) is 1.51. The Labute approximate surface area is 113 Å². The number of carbonyl (C=O) groups is 1. The van der Waals surface area contributed by atoms with Gasteiger partial charge >= 0.3 is 0 Å². The summed E-state index contributed by atoms with van der Waals surface area (Å²) in [5.41, 5.74) is 6.18. The first-order valence-electron chi connectivity index (χ1n) is 5.89. The van der Waals surface area contributed by atoms with Gasteiger partial charge in [-0.3, -0.25) is 4.79 Å². The Morgan fingerprint density at radius 2 is 2.00 bits per heavy atom. The van der Waals surface area contributed by atoms with E-state index in [1.54, 1.807) is 12.1 Å². The van der Waals surface area contributed by atoms with Crippen LogP contribution in [-0.4, -0.2) is 41.6 Å². The van der Waals surface area contributed by atoms with Crippen LogP contribution in [-0.2, 0) is 0 Å². The minimum atomic E-state index is -0.675. The molecule has 0 unspecified atom stereocenters. The van der Waals surface area contributed by atoms with Crippen molar-refractivity contribution in [3.05, 3.63) is 17.8 Å². The predicted octanol–water partition coefficient (Wildman–Crippen LogP) is 0.350. The molecule has 1 aliphatic heterocycles. The maximum Gasteiger partial charge on any atom is 0.271 e. The van der Waals surface area contributed by atoms with E-state index in [0.29, 0.717) is 41.7 Å². The van der Waals surface area contributed by atoms with Gasteiger partial charge in [-0.1, -0.05) is 0 Å². The molecule has 1 aromatic heterocycles. The van der Waals surface area contributed by atoms with Crippen molar-refractivity contribution in [3.8, 4) is 28.5 Å². The second kappa shape index (κ2) is 4.72. The number of amides is 1. The van der Waals surface area contributed by atoms with E-state index in [4.69, 9.17) is 19.9 Å². The zero-order chi connectivity index (χ0) is 14.1. The van der Waals surface area contributed by atoms with Crippen LogP contribution >= 0.6 is 0 Å². The minimum absolute atomic E-state index is 0.0416. The van der Waals surface area contributed by atoms with Crippen molar-refractivity contribution in [3.63, 3.8) is 0 Å². The lowest BCUT2D eigenvalue weighted by Crippen LogP contribution is -2.16. The molecule has 1 amide bonds. The molecule has 2 heterocycles. The fourth-order valence-electron chi connectivity index (χ4n) is 2.01. The molecule has 0 radical (unpaired) electrons. The van der Waals surface area contributed by atoms with Gasteiger partial charge in [0, 0.05) is 6.07 Å². The highest BCUT2D eigenvalue weighted by Gasteiger charge is 2.23. The van der Waals surface area contributed by atoms with E-state index in [0.717, 1.165) is 0 Å². The topological polar surface area (TPSA) is 112 Å². The van der Waals surface area contributed by atoms with Crippen molar-refractivity contribution in [2.24, 2.45) is 5.73 Å². The number of fused-ring (bicyclic) bond motifs is 1. The molecule has 0 saturated carbocycles. The Balaban J connectivity index is 2.17. The summed E-state index contributed by atoms with van der Waals surface area (Å²) >= 11 is 0. The highest BCUT2D eigenvalue weighted by Crippen LogP contribution is 2.41. The molecule has 0 spiro atoms. The van der Waals surface area contributed by atoms with E-state index in [1.165, 1.54) is 7.11 Å². The fraction of sp³-hybridized carbons (Fsp3) is 0.250. The largest absolute Gasteiger partial charge is 0.496 e. The van der Waals surface area contributed by atoms with E-state index < -0.39 is 5.91 Å². The number of nitrogens with one attached hydrogen (secondary N) is 1. The number of nitrogens with two attached hydrogens (primary N) is 1. The van der Waals surface area contributed by atoms with Crippen LogP contribution in [0.1, 0.15) is 10.5 Å². The number of benzene rings is 1. The Kier molecular flexibility index (Phi) is 2.90. The molecule has 2 aromatic rings. The number of methoxy groups -OCH3 is 1. The summed E-state index contributed by atoms with van der Waals surface area (Å²) in [6.45, 7) is 0.937. The SMILES string of the molecule is COc1cc2c(cc1-c1n[nH]nc1C(N)=O)OCCO2. The molecule has 0 atom stereocenters. The molecule has 104 valence electrons. The molecular weight excluding hydrogens is 264 g/mol. The molecule has 0 aliphatic carbocycles. The minimum Gasteiger partial charge on any atom is -0.496 e. The van der Waals surface area contributed by atoms with Crippen molar-refractivity contribution in [2.45, 2.75) is 0 Å². The number of ether oxygens (including phenoxy) is 3. The summed E-state index contributed by atoms with van der Waals surface area (Å²) < 4.78 is 16.3. The first-order chi connectivity index (χ1) is 9.70. The van der Waals surface area contributed by atoms with Crippen LogP contribution in [0.15, 0.2) is 12.1 Å². The molecule has 8 nitrogen and oxygen atoms in total. The Hall–Kier alpha value is -2.77. The summed E-state index contributed by atoms with van der Waals surface area (Å²) in [6.07, 6.45) is 0. The van der Waals surface area contributed by atoms with Crippen molar-refractivity contribution in [1.82, 2.24) is 15.4 Å². The number of H-pyrrole nitrogens is 1. The van der Waals surface area contributed by atoms with Crippen LogP contribution < -0.4 is 19.9 Å². The third kappa shape index (κ3) is 1.91. The van der Waals surface area contributed by atoms with Gasteiger partial charge in [0.15, 0.2) is 17.2 Å². The first kappa shape index (κ1) is 12.3. The Morgan fingerprint density at radius 1 is 1.30 bits per heavy atom. The van der Waals surface area contributed by atoms with Crippen LogP contribution in [0.5, 0.6) is 17.2 Å². The highest BCUT2D eigenvalue weighted by atomic mass is 16.6. The maximum absolute atomic E-state index is 11.3. The lowest BCUT2D eigenvalue weighted by Gasteiger charge is -2.20. The van der Waals surface area contributed by atoms with Crippen molar-refractivity contribution >= 4 is 5.91 Å². The molecular formula is C12H12N4O4. The second-order valence-electron chi connectivity index (χ2n) is 4.08. The first-order valence-corrected chi connectivity index (χ1v) is 5.89. The number of nitrogens with zero attached hydrogens (tertiary/aromatic N) is 2. The van der Waals surface area contributed by atoms with Gasteiger partial charge in [0.25, 0.3) is 5.91 Å². The number of primary amides is 1. The number of aromatic nitrogens is 3. The van der Waals surface area contributed by atoms with E-state index in [2.05, 4.69) is 15.4 Å². The van der Waals surface area contributed by atoms with Crippen LogP contribution in [0, 0.1) is 0 Å². The highest BCUT2D eigenvalue weighted by molar-refractivity contribution is 5.97. The zero-order valence-electron chi connectivity index (χ0n) is 10.7. The van der Waals surface area contributed by atoms with Crippen molar-refractivity contribution in [1.29, 1.82) is 0 Å². The maximum atomic E-state index is 11.3. The van der Waals surface area contributed by atoms with E-state index in [-0.39, 0.29) is 5.69 Å². The molecule has 8 heteroatoms. The third-order valence-electron chi connectivity index (χ3n) is 2.90. The standard InChI is InChI=1S/C12H12N4O4/c1-18-7-5-9-8(19-2-3-20-9)4-6(7)10-11(12(13)17)15-16-14-10/h4-5H,2-3H2,1H3,(H2,13,17)(H,14,15,16). The second-order valence-corrected chi connectivity index (χ2v) is 4.08.